The van der Waals surface area contributed by atoms with Crippen molar-refractivity contribution in [2.45, 2.75) is 58.9 Å². The largest absolute Gasteiger partial charge is 0.461 e. The average Bonchev–Trinajstić information content (AvgIpc) is 3.31. The Kier molecular flexibility index (Phi) is 5.00. The molecule has 0 saturated heterocycles. The molecule has 1 fully saturated rings. The Bertz CT molecular complexity index is 956. The molecule has 5 nitrogen and oxygen atoms in total. The molecule has 3 heterocycles. The smallest absolute Gasteiger partial charge is 0.264 e. The Morgan fingerprint density at radius 3 is 2.70 bits per heavy atom. The third kappa shape index (κ3) is 3.27. The molecule has 6 heteroatoms. The van der Waals surface area contributed by atoms with Gasteiger partial charge < -0.3 is 9.32 Å². The van der Waals surface area contributed by atoms with E-state index in [4.69, 9.17) is 4.42 Å². The molecule has 0 radical (unpaired) electrons. The Morgan fingerprint density at radius 2 is 2.04 bits per heavy atom. The van der Waals surface area contributed by atoms with Crippen molar-refractivity contribution in [1.29, 1.82) is 0 Å². The fourth-order valence-electron chi connectivity index (χ4n) is 4.15. The van der Waals surface area contributed by atoms with Gasteiger partial charge in [-0.15, -0.1) is 11.3 Å². The lowest BCUT2D eigenvalue weighted by molar-refractivity contribution is 0.0652. The van der Waals surface area contributed by atoms with Crippen molar-refractivity contribution in [2.24, 2.45) is 0 Å². The molecule has 0 aliphatic heterocycles. The summed E-state index contributed by atoms with van der Waals surface area (Å²) in [5.41, 5.74) is 1.89. The zero-order valence-corrected chi connectivity index (χ0v) is 16.9. The standard InChI is InChI=1S/C21H25N3O2S/c1-4-24(15-9-6-5-7-10-15)21(25)18-13(2)17-14(3)22-19(23-20(17)27-18)16-11-8-12-26-16/h8,11-12,15H,4-7,9-10H2,1-3H3. The average molecular weight is 384 g/mol. The van der Waals surface area contributed by atoms with E-state index < -0.39 is 0 Å². The number of aryl methyl sites for hydroxylation is 2. The minimum atomic E-state index is 0.142. The predicted molar refractivity (Wildman–Crippen MR) is 108 cm³/mol. The Morgan fingerprint density at radius 1 is 1.26 bits per heavy atom. The summed E-state index contributed by atoms with van der Waals surface area (Å²) in [5.74, 6) is 1.37. The van der Waals surface area contributed by atoms with Gasteiger partial charge in [0, 0.05) is 18.0 Å². The molecular formula is C21H25N3O2S. The van der Waals surface area contributed by atoms with Crippen LogP contribution in [-0.2, 0) is 0 Å². The lowest BCUT2D eigenvalue weighted by Crippen LogP contribution is -2.41. The number of aromatic nitrogens is 2. The Hall–Kier alpha value is -2.21. The first-order valence-corrected chi connectivity index (χ1v) is 10.5. The predicted octanol–water partition coefficient (Wildman–Crippen LogP) is 5.36. The van der Waals surface area contributed by atoms with Gasteiger partial charge in [-0.25, -0.2) is 9.97 Å². The van der Waals surface area contributed by atoms with Crippen molar-refractivity contribution >= 4 is 27.5 Å². The van der Waals surface area contributed by atoms with Gasteiger partial charge in [0.15, 0.2) is 11.6 Å². The highest BCUT2D eigenvalue weighted by atomic mass is 32.1. The quantitative estimate of drug-likeness (QED) is 0.608. The van der Waals surface area contributed by atoms with Crippen LogP contribution in [0.15, 0.2) is 22.8 Å². The van der Waals surface area contributed by atoms with Gasteiger partial charge in [0.25, 0.3) is 5.91 Å². The summed E-state index contributed by atoms with van der Waals surface area (Å²) in [4.78, 5) is 26.4. The van der Waals surface area contributed by atoms with Crippen LogP contribution in [0.1, 0.15) is 60.0 Å². The highest BCUT2D eigenvalue weighted by molar-refractivity contribution is 7.20. The van der Waals surface area contributed by atoms with E-state index in [-0.39, 0.29) is 5.91 Å². The molecule has 3 aromatic rings. The number of rotatable bonds is 4. The number of furan rings is 1. The molecular weight excluding hydrogens is 358 g/mol. The number of thiophene rings is 1. The van der Waals surface area contributed by atoms with Crippen molar-refractivity contribution in [3.05, 3.63) is 34.5 Å². The van der Waals surface area contributed by atoms with E-state index in [0.29, 0.717) is 17.6 Å². The van der Waals surface area contributed by atoms with Crippen LogP contribution in [0.2, 0.25) is 0 Å². The van der Waals surface area contributed by atoms with Crippen molar-refractivity contribution in [1.82, 2.24) is 14.9 Å². The summed E-state index contributed by atoms with van der Waals surface area (Å²) in [6.45, 7) is 6.82. The van der Waals surface area contributed by atoms with E-state index in [2.05, 4.69) is 21.8 Å². The summed E-state index contributed by atoms with van der Waals surface area (Å²) < 4.78 is 5.45. The number of amides is 1. The maximum Gasteiger partial charge on any atom is 0.264 e. The summed E-state index contributed by atoms with van der Waals surface area (Å²) >= 11 is 1.48. The highest BCUT2D eigenvalue weighted by Crippen LogP contribution is 2.35. The molecule has 0 aromatic carbocycles. The van der Waals surface area contributed by atoms with Crippen LogP contribution < -0.4 is 0 Å². The van der Waals surface area contributed by atoms with Gasteiger partial charge >= 0.3 is 0 Å². The molecule has 0 N–H and O–H groups in total. The normalized spacial score (nSPS) is 15.4. The van der Waals surface area contributed by atoms with Crippen LogP contribution in [0.25, 0.3) is 21.8 Å². The molecule has 3 aromatic heterocycles. The van der Waals surface area contributed by atoms with Gasteiger partial charge in [0.1, 0.15) is 4.83 Å². The molecule has 1 saturated carbocycles. The lowest BCUT2D eigenvalue weighted by Gasteiger charge is -2.33. The number of nitrogens with zero attached hydrogens (tertiary/aromatic N) is 3. The van der Waals surface area contributed by atoms with Crippen molar-refractivity contribution in [3.8, 4) is 11.6 Å². The van der Waals surface area contributed by atoms with Crippen LogP contribution in [0.4, 0.5) is 0 Å². The van der Waals surface area contributed by atoms with E-state index in [1.54, 1.807) is 6.26 Å². The van der Waals surface area contributed by atoms with Crippen molar-refractivity contribution in [3.63, 3.8) is 0 Å². The third-order valence-electron chi connectivity index (χ3n) is 5.52. The first-order chi connectivity index (χ1) is 13.1. The molecule has 1 aliphatic carbocycles. The number of carbonyl (C=O) groups excluding carboxylic acids is 1. The monoisotopic (exact) mass is 383 g/mol. The lowest BCUT2D eigenvalue weighted by atomic mass is 9.94. The fourth-order valence-corrected chi connectivity index (χ4v) is 5.34. The van der Waals surface area contributed by atoms with E-state index in [0.717, 1.165) is 45.7 Å². The van der Waals surface area contributed by atoms with Gasteiger partial charge in [-0.2, -0.15) is 0 Å². The Labute approximate surface area is 163 Å². The second-order valence-corrected chi connectivity index (χ2v) is 8.23. The van der Waals surface area contributed by atoms with E-state index in [1.165, 1.54) is 30.6 Å². The minimum Gasteiger partial charge on any atom is -0.461 e. The summed E-state index contributed by atoms with van der Waals surface area (Å²) in [6, 6.07) is 4.05. The van der Waals surface area contributed by atoms with Gasteiger partial charge in [-0.3, -0.25) is 4.79 Å². The second kappa shape index (κ2) is 7.43. The van der Waals surface area contributed by atoms with Crippen LogP contribution in [0.3, 0.4) is 0 Å². The first kappa shape index (κ1) is 18.2. The minimum absolute atomic E-state index is 0.142. The van der Waals surface area contributed by atoms with Gasteiger partial charge in [0.2, 0.25) is 0 Å². The Balaban J connectivity index is 1.74. The van der Waals surface area contributed by atoms with E-state index in [1.807, 2.05) is 26.0 Å². The highest BCUT2D eigenvalue weighted by Gasteiger charge is 2.28. The fraction of sp³-hybridized carbons (Fsp3) is 0.476. The molecule has 0 spiro atoms. The number of fused-ring (bicyclic) bond motifs is 1. The van der Waals surface area contributed by atoms with Crippen molar-refractivity contribution < 1.29 is 9.21 Å². The van der Waals surface area contributed by atoms with Crippen LogP contribution in [0, 0.1) is 13.8 Å². The second-order valence-electron chi connectivity index (χ2n) is 7.23. The van der Waals surface area contributed by atoms with Crippen LogP contribution in [-0.4, -0.2) is 33.4 Å². The van der Waals surface area contributed by atoms with Crippen LogP contribution >= 0.6 is 11.3 Å². The molecule has 0 bridgehead atoms. The van der Waals surface area contributed by atoms with E-state index >= 15 is 0 Å². The zero-order valence-electron chi connectivity index (χ0n) is 16.1. The molecule has 4 rings (SSSR count). The third-order valence-corrected chi connectivity index (χ3v) is 6.70. The maximum absolute atomic E-state index is 13.4. The molecule has 0 unspecified atom stereocenters. The molecule has 0 atom stereocenters. The molecule has 27 heavy (non-hydrogen) atoms. The van der Waals surface area contributed by atoms with Gasteiger partial charge in [-0.05, 0) is 51.3 Å². The summed E-state index contributed by atoms with van der Waals surface area (Å²) in [7, 11) is 0. The maximum atomic E-state index is 13.4. The molecule has 142 valence electrons. The van der Waals surface area contributed by atoms with Crippen molar-refractivity contribution in [2.75, 3.05) is 6.54 Å². The zero-order chi connectivity index (χ0) is 19.0. The van der Waals surface area contributed by atoms with Gasteiger partial charge in [0.05, 0.1) is 16.8 Å². The summed E-state index contributed by atoms with van der Waals surface area (Å²) in [5, 5.41) is 0.998. The number of hydrogen-bond donors (Lipinski definition) is 0. The molecule has 1 amide bonds. The number of carbonyl (C=O) groups is 1. The molecule has 1 aliphatic rings. The number of hydrogen-bond acceptors (Lipinski definition) is 5. The first-order valence-electron chi connectivity index (χ1n) is 9.72. The van der Waals surface area contributed by atoms with Gasteiger partial charge in [-0.1, -0.05) is 19.3 Å². The summed E-state index contributed by atoms with van der Waals surface area (Å²) in [6.07, 6.45) is 7.58. The van der Waals surface area contributed by atoms with E-state index in [9.17, 15) is 4.79 Å². The SMILES string of the molecule is CCN(C(=O)c1sc2nc(-c3ccco3)nc(C)c2c1C)C1CCCCC1. The van der Waals surface area contributed by atoms with Crippen LogP contribution in [0.5, 0.6) is 0 Å². The topological polar surface area (TPSA) is 59.2 Å².